The Labute approximate surface area is 170 Å². The Balaban J connectivity index is 1.86. The van der Waals surface area contributed by atoms with Crippen LogP contribution in [0.3, 0.4) is 0 Å². The Morgan fingerprint density at radius 1 is 1.03 bits per heavy atom. The molecule has 1 aromatic heterocycles. The molecule has 2 aromatic carbocycles. The van der Waals surface area contributed by atoms with Crippen molar-refractivity contribution in [2.45, 2.75) is 26.4 Å². The van der Waals surface area contributed by atoms with Gasteiger partial charge in [0.1, 0.15) is 18.0 Å². The van der Waals surface area contributed by atoms with E-state index in [1.54, 1.807) is 19.2 Å². The lowest BCUT2D eigenvalue weighted by Crippen LogP contribution is -2.83. The molecule has 152 valence electrons. The van der Waals surface area contributed by atoms with Gasteiger partial charge >= 0.3 is 0 Å². The number of hydrogen-bond donors (Lipinski definition) is 2. The fourth-order valence-electron chi connectivity index (χ4n) is 4.04. The van der Waals surface area contributed by atoms with Gasteiger partial charge in [0.05, 0.1) is 37.3 Å². The third-order valence-corrected chi connectivity index (χ3v) is 5.25. The number of aromatic nitrogens is 1. The maximum Gasteiger partial charge on any atom is 0.163 e. The SMILES string of the molecule is CCOc1cc2c(cc1OCC)-n1cccc1C(c1c(O)cccc1OC)[NH2+]C2. The smallest absolute Gasteiger partial charge is 0.163 e. The van der Waals surface area contributed by atoms with Crippen LogP contribution in [0, 0.1) is 0 Å². The van der Waals surface area contributed by atoms with E-state index >= 15 is 0 Å². The zero-order valence-corrected chi connectivity index (χ0v) is 17.0. The van der Waals surface area contributed by atoms with Crippen LogP contribution in [0.4, 0.5) is 0 Å². The standard InChI is InChI=1S/C23H26N2O4/c1-4-28-20-12-15-14-24-23(22-18(26)9-6-10-19(22)27-3)16-8-7-11-25(16)17(15)13-21(20)29-5-2/h6-13,23-24,26H,4-5,14H2,1-3H3/p+1. The molecule has 1 aliphatic rings. The normalized spacial score (nSPS) is 15.2. The highest BCUT2D eigenvalue weighted by atomic mass is 16.5. The van der Waals surface area contributed by atoms with Gasteiger partial charge < -0.3 is 29.2 Å². The van der Waals surface area contributed by atoms with Crippen molar-refractivity contribution < 1.29 is 24.6 Å². The van der Waals surface area contributed by atoms with Gasteiger partial charge in [0, 0.05) is 17.8 Å². The van der Waals surface area contributed by atoms with E-state index in [2.05, 4.69) is 22.0 Å². The first kappa shape index (κ1) is 19.2. The molecule has 1 unspecified atom stereocenters. The van der Waals surface area contributed by atoms with Crippen LogP contribution in [0.5, 0.6) is 23.0 Å². The summed E-state index contributed by atoms with van der Waals surface area (Å²) in [4.78, 5) is 0. The number of phenols is 1. The van der Waals surface area contributed by atoms with Crippen LogP contribution in [-0.4, -0.2) is 30.0 Å². The van der Waals surface area contributed by atoms with Crippen molar-refractivity contribution in [3.05, 3.63) is 65.5 Å². The topological polar surface area (TPSA) is 69.5 Å². The average Bonchev–Trinajstić information content (AvgIpc) is 3.15. The van der Waals surface area contributed by atoms with Crippen LogP contribution in [0.2, 0.25) is 0 Å². The monoisotopic (exact) mass is 395 g/mol. The summed E-state index contributed by atoms with van der Waals surface area (Å²) in [7, 11) is 1.63. The summed E-state index contributed by atoms with van der Waals surface area (Å²) < 4.78 is 19.4. The Hall–Kier alpha value is -3.12. The predicted octanol–water partition coefficient (Wildman–Crippen LogP) is 3.16. The Morgan fingerprint density at radius 3 is 2.52 bits per heavy atom. The molecule has 3 aromatic rings. The van der Waals surface area contributed by atoms with Crippen LogP contribution in [-0.2, 0) is 6.54 Å². The molecule has 0 radical (unpaired) electrons. The molecule has 6 heteroatoms. The van der Waals surface area contributed by atoms with Gasteiger partial charge in [0.2, 0.25) is 0 Å². The summed E-state index contributed by atoms with van der Waals surface area (Å²) >= 11 is 0. The summed E-state index contributed by atoms with van der Waals surface area (Å²) in [6, 6.07) is 13.5. The van der Waals surface area contributed by atoms with Gasteiger partial charge in [0.25, 0.3) is 0 Å². The van der Waals surface area contributed by atoms with Crippen LogP contribution < -0.4 is 19.5 Å². The number of nitrogens with two attached hydrogens (primary N) is 1. The number of fused-ring (bicyclic) bond motifs is 3. The molecule has 29 heavy (non-hydrogen) atoms. The third kappa shape index (κ3) is 3.40. The summed E-state index contributed by atoms with van der Waals surface area (Å²) in [6.45, 7) is 5.82. The highest BCUT2D eigenvalue weighted by Crippen LogP contribution is 2.39. The highest BCUT2D eigenvalue weighted by Gasteiger charge is 2.31. The van der Waals surface area contributed by atoms with E-state index in [0.717, 1.165) is 40.6 Å². The third-order valence-electron chi connectivity index (χ3n) is 5.25. The van der Waals surface area contributed by atoms with Gasteiger partial charge in [-0.1, -0.05) is 6.07 Å². The number of aromatic hydroxyl groups is 1. The van der Waals surface area contributed by atoms with E-state index in [4.69, 9.17) is 14.2 Å². The lowest BCUT2D eigenvalue weighted by molar-refractivity contribution is -0.702. The first-order valence-corrected chi connectivity index (χ1v) is 9.97. The first-order chi connectivity index (χ1) is 14.2. The summed E-state index contributed by atoms with van der Waals surface area (Å²) in [6.07, 6.45) is 2.04. The molecular weight excluding hydrogens is 368 g/mol. The van der Waals surface area contributed by atoms with Crippen molar-refractivity contribution in [2.24, 2.45) is 0 Å². The van der Waals surface area contributed by atoms with Crippen LogP contribution in [0.25, 0.3) is 5.69 Å². The van der Waals surface area contributed by atoms with Crippen molar-refractivity contribution in [3.63, 3.8) is 0 Å². The molecule has 6 nitrogen and oxygen atoms in total. The molecule has 0 aliphatic carbocycles. The van der Waals surface area contributed by atoms with Gasteiger partial charge in [-0.3, -0.25) is 0 Å². The number of benzene rings is 2. The molecule has 4 rings (SSSR count). The lowest BCUT2D eigenvalue weighted by atomic mass is 10.0. The van der Waals surface area contributed by atoms with Gasteiger partial charge in [-0.05, 0) is 44.2 Å². The molecule has 2 heterocycles. The van der Waals surface area contributed by atoms with Crippen molar-refractivity contribution in [1.82, 2.24) is 4.57 Å². The molecule has 0 fully saturated rings. The zero-order valence-electron chi connectivity index (χ0n) is 17.0. The van der Waals surface area contributed by atoms with E-state index in [9.17, 15) is 5.11 Å². The fraction of sp³-hybridized carbons (Fsp3) is 0.304. The summed E-state index contributed by atoms with van der Waals surface area (Å²) in [5.41, 5.74) is 4.05. The number of methoxy groups -OCH3 is 1. The number of phenolic OH excluding ortho intramolecular Hbond substituents is 1. The molecule has 3 N–H and O–H groups in total. The predicted molar refractivity (Wildman–Crippen MR) is 110 cm³/mol. The molecule has 0 saturated heterocycles. The van der Waals surface area contributed by atoms with Gasteiger partial charge in [-0.25, -0.2) is 0 Å². The minimum Gasteiger partial charge on any atom is -0.507 e. The van der Waals surface area contributed by atoms with Gasteiger partial charge in [0.15, 0.2) is 17.5 Å². The highest BCUT2D eigenvalue weighted by molar-refractivity contribution is 5.57. The van der Waals surface area contributed by atoms with Crippen molar-refractivity contribution in [3.8, 4) is 28.7 Å². The van der Waals surface area contributed by atoms with Gasteiger partial charge in [-0.15, -0.1) is 0 Å². The van der Waals surface area contributed by atoms with Crippen molar-refractivity contribution in [2.75, 3.05) is 20.3 Å². The van der Waals surface area contributed by atoms with E-state index in [1.807, 2.05) is 38.2 Å². The number of rotatable bonds is 6. The second-order valence-electron chi connectivity index (χ2n) is 6.91. The Morgan fingerprint density at radius 2 is 1.79 bits per heavy atom. The quantitative estimate of drug-likeness (QED) is 0.673. The molecule has 1 atom stereocenters. The number of nitrogens with zero attached hydrogens (tertiary/aromatic N) is 1. The number of hydrogen-bond acceptors (Lipinski definition) is 4. The molecule has 0 saturated carbocycles. The molecule has 0 amide bonds. The van der Waals surface area contributed by atoms with Gasteiger partial charge in [-0.2, -0.15) is 0 Å². The van der Waals surface area contributed by atoms with E-state index in [1.165, 1.54) is 0 Å². The molecule has 0 bridgehead atoms. The number of quaternary nitrogens is 1. The van der Waals surface area contributed by atoms with E-state index in [-0.39, 0.29) is 11.8 Å². The molecule has 1 aliphatic heterocycles. The summed E-state index contributed by atoms with van der Waals surface area (Å²) in [5.74, 6) is 2.41. The Bertz CT molecular complexity index is 1010. The average molecular weight is 395 g/mol. The van der Waals surface area contributed by atoms with Crippen molar-refractivity contribution >= 4 is 0 Å². The lowest BCUT2D eigenvalue weighted by Gasteiger charge is -2.18. The molecule has 0 spiro atoms. The summed E-state index contributed by atoms with van der Waals surface area (Å²) in [5, 5.41) is 12.8. The first-order valence-electron chi connectivity index (χ1n) is 9.97. The Kier molecular flexibility index (Phi) is 5.36. The zero-order chi connectivity index (χ0) is 20.4. The van der Waals surface area contributed by atoms with E-state index in [0.29, 0.717) is 19.0 Å². The second-order valence-corrected chi connectivity index (χ2v) is 6.91. The minimum absolute atomic E-state index is 0.111. The maximum atomic E-state index is 10.6. The van der Waals surface area contributed by atoms with Crippen LogP contribution in [0.15, 0.2) is 48.7 Å². The maximum absolute atomic E-state index is 10.6. The van der Waals surface area contributed by atoms with Crippen molar-refractivity contribution in [1.29, 1.82) is 0 Å². The fourth-order valence-corrected chi connectivity index (χ4v) is 4.04. The van der Waals surface area contributed by atoms with Crippen LogP contribution >= 0.6 is 0 Å². The largest absolute Gasteiger partial charge is 0.507 e. The molecular formula is C23H27N2O4+. The van der Waals surface area contributed by atoms with E-state index < -0.39 is 0 Å². The minimum atomic E-state index is -0.111. The second kappa shape index (κ2) is 8.09. The number of ether oxygens (including phenoxy) is 3. The van der Waals surface area contributed by atoms with Crippen LogP contribution in [0.1, 0.15) is 36.7 Å².